The Balaban J connectivity index is 1.36. The fourth-order valence-corrected chi connectivity index (χ4v) is 6.37. The molecule has 1 aliphatic heterocycles. The number of thiazole rings is 2. The minimum atomic E-state index is -0.930. The number of hydrogen-bond donors (Lipinski definition) is 2. The van der Waals surface area contributed by atoms with E-state index >= 15 is 0 Å². The van der Waals surface area contributed by atoms with Crippen LogP contribution in [-0.2, 0) is 24.1 Å². The van der Waals surface area contributed by atoms with Crippen LogP contribution in [0.15, 0.2) is 0 Å². The van der Waals surface area contributed by atoms with Crippen molar-refractivity contribution in [3.05, 3.63) is 15.6 Å². The van der Waals surface area contributed by atoms with Crippen LogP contribution in [0.3, 0.4) is 0 Å². The molecule has 3 aliphatic rings. The third-order valence-corrected chi connectivity index (χ3v) is 8.19. The average molecular weight is 418 g/mol. The topological polar surface area (TPSA) is 101 Å². The smallest absolute Gasteiger partial charge is 0.324 e. The zero-order chi connectivity index (χ0) is 19.5. The Morgan fingerprint density at radius 2 is 2.11 bits per heavy atom. The molecule has 2 fully saturated rings. The van der Waals surface area contributed by atoms with E-state index in [-0.39, 0.29) is 6.03 Å². The predicted octanol–water partition coefficient (Wildman–Crippen LogP) is 3.19. The number of carbonyl (C=O) groups is 2. The summed E-state index contributed by atoms with van der Waals surface area (Å²) < 4.78 is 0. The lowest BCUT2D eigenvalue weighted by molar-refractivity contribution is -0.126. The molecule has 148 valence electrons. The number of rotatable bonds is 4. The van der Waals surface area contributed by atoms with Crippen molar-refractivity contribution in [2.24, 2.45) is 11.7 Å². The maximum absolute atomic E-state index is 12.8. The molecule has 0 spiro atoms. The average Bonchev–Trinajstić information content (AvgIpc) is 3.04. The number of nitrogens with zero attached hydrogens (tertiary/aromatic N) is 3. The fraction of sp³-hybridized carbons (Fsp3) is 0.579. The van der Waals surface area contributed by atoms with Gasteiger partial charge in [0.05, 0.1) is 21.3 Å². The van der Waals surface area contributed by atoms with E-state index in [1.54, 1.807) is 6.92 Å². The van der Waals surface area contributed by atoms with Crippen LogP contribution in [0.4, 0.5) is 9.93 Å². The van der Waals surface area contributed by atoms with Crippen LogP contribution in [0.5, 0.6) is 0 Å². The van der Waals surface area contributed by atoms with Gasteiger partial charge in [-0.15, -0.1) is 11.3 Å². The van der Waals surface area contributed by atoms with E-state index in [1.165, 1.54) is 39.0 Å². The van der Waals surface area contributed by atoms with Crippen molar-refractivity contribution in [3.63, 3.8) is 0 Å². The van der Waals surface area contributed by atoms with Gasteiger partial charge in [0.2, 0.25) is 5.91 Å². The molecule has 1 saturated carbocycles. The third-order valence-electron chi connectivity index (χ3n) is 6.03. The normalized spacial score (nSPS) is 23.4. The molecule has 0 aromatic carbocycles. The monoisotopic (exact) mass is 417 g/mol. The summed E-state index contributed by atoms with van der Waals surface area (Å²) >= 11 is 3.31. The maximum atomic E-state index is 12.8. The first-order valence-electron chi connectivity index (χ1n) is 9.81. The van der Waals surface area contributed by atoms with Crippen molar-refractivity contribution in [1.29, 1.82) is 0 Å². The Hall–Kier alpha value is -2.00. The van der Waals surface area contributed by atoms with Gasteiger partial charge in [0.15, 0.2) is 5.13 Å². The van der Waals surface area contributed by atoms with Gasteiger partial charge in [-0.2, -0.15) is 0 Å². The first-order chi connectivity index (χ1) is 13.4. The number of fused-ring (bicyclic) bond motifs is 3. The second-order valence-electron chi connectivity index (χ2n) is 8.15. The molecule has 1 atom stereocenters. The van der Waals surface area contributed by atoms with Crippen molar-refractivity contribution in [1.82, 2.24) is 14.9 Å². The predicted molar refractivity (Wildman–Crippen MR) is 110 cm³/mol. The summed E-state index contributed by atoms with van der Waals surface area (Å²) in [6.07, 6.45) is 6.95. The van der Waals surface area contributed by atoms with Gasteiger partial charge in [-0.05, 0) is 51.4 Å². The lowest BCUT2D eigenvalue weighted by Gasteiger charge is -2.31. The lowest BCUT2D eigenvalue weighted by Crippen LogP contribution is -2.55. The number of nitrogens with two attached hydrogens (primary N) is 1. The molecule has 2 aliphatic carbocycles. The summed E-state index contributed by atoms with van der Waals surface area (Å²) in [4.78, 5) is 38.1. The molecule has 2 aromatic heterocycles. The van der Waals surface area contributed by atoms with Gasteiger partial charge in [-0.3, -0.25) is 10.1 Å². The zero-order valence-electron chi connectivity index (χ0n) is 15.8. The minimum Gasteiger partial charge on any atom is -0.368 e. The number of hydrogen-bond acceptors (Lipinski definition) is 6. The van der Waals surface area contributed by atoms with Crippen LogP contribution in [0.2, 0.25) is 0 Å². The number of anilines is 1. The second kappa shape index (κ2) is 6.52. The largest absolute Gasteiger partial charge is 0.368 e. The highest BCUT2D eigenvalue weighted by molar-refractivity contribution is 7.19. The molecule has 1 unspecified atom stereocenters. The molecular weight excluding hydrogens is 394 g/mol. The number of amides is 3. The second-order valence-corrected chi connectivity index (χ2v) is 10.3. The Labute approximate surface area is 171 Å². The third kappa shape index (κ3) is 3.00. The standard InChI is InChI=1S/C19H23N5O2S2/c1-19(16(20)25)7-2-8-24(19)18(26)23-17-21-11-5-6-12-14(15(11)28-17)22-13(27-12)9-10-3-4-10/h10H,2-9H2,1H3,(H2,20,25)(H,21,23,26). The minimum absolute atomic E-state index is 0.308. The van der Waals surface area contributed by atoms with E-state index in [4.69, 9.17) is 10.7 Å². The summed E-state index contributed by atoms with van der Waals surface area (Å²) in [5.41, 5.74) is 6.68. The van der Waals surface area contributed by atoms with E-state index in [0.717, 1.165) is 47.9 Å². The highest BCUT2D eigenvalue weighted by Gasteiger charge is 2.44. The molecule has 3 amide bonds. The van der Waals surface area contributed by atoms with E-state index in [0.29, 0.717) is 18.1 Å². The summed E-state index contributed by atoms with van der Waals surface area (Å²) in [5, 5.41) is 4.69. The molecule has 5 rings (SSSR count). The van der Waals surface area contributed by atoms with Gasteiger partial charge in [0.1, 0.15) is 5.54 Å². The molecule has 28 heavy (non-hydrogen) atoms. The summed E-state index contributed by atoms with van der Waals surface area (Å²) in [5.74, 6) is 0.359. The van der Waals surface area contributed by atoms with Crippen LogP contribution in [0.25, 0.3) is 10.6 Å². The summed E-state index contributed by atoms with van der Waals surface area (Å²) in [6.45, 7) is 2.26. The summed E-state index contributed by atoms with van der Waals surface area (Å²) in [6, 6.07) is -0.308. The van der Waals surface area contributed by atoms with Crippen molar-refractivity contribution < 1.29 is 9.59 Å². The number of carbonyl (C=O) groups excluding carboxylic acids is 2. The van der Waals surface area contributed by atoms with Crippen molar-refractivity contribution in [2.75, 3.05) is 11.9 Å². The van der Waals surface area contributed by atoms with Crippen molar-refractivity contribution >= 4 is 39.7 Å². The van der Waals surface area contributed by atoms with Crippen LogP contribution in [-0.4, -0.2) is 38.9 Å². The van der Waals surface area contributed by atoms with Gasteiger partial charge < -0.3 is 10.6 Å². The molecule has 0 radical (unpaired) electrons. The molecule has 0 bridgehead atoms. The molecule has 3 N–H and O–H groups in total. The van der Waals surface area contributed by atoms with Crippen molar-refractivity contribution in [3.8, 4) is 10.6 Å². The number of urea groups is 1. The van der Waals surface area contributed by atoms with Gasteiger partial charge in [0, 0.05) is 17.8 Å². The number of nitrogens with one attached hydrogen (secondary N) is 1. The van der Waals surface area contributed by atoms with Gasteiger partial charge in [-0.1, -0.05) is 11.3 Å². The van der Waals surface area contributed by atoms with Gasteiger partial charge in [-0.25, -0.2) is 14.8 Å². The van der Waals surface area contributed by atoms with Crippen LogP contribution in [0, 0.1) is 5.92 Å². The highest BCUT2D eigenvalue weighted by Crippen LogP contribution is 2.43. The van der Waals surface area contributed by atoms with Gasteiger partial charge in [0.25, 0.3) is 0 Å². The number of likely N-dealkylation sites (tertiary alicyclic amines) is 1. The fourth-order valence-electron chi connectivity index (χ4n) is 4.10. The van der Waals surface area contributed by atoms with Crippen LogP contribution >= 0.6 is 22.7 Å². The molecular formula is C19H23N5O2S2. The summed E-state index contributed by atoms with van der Waals surface area (Å²) in [7, 11) is 0. The number of aromatic nitrogens is 2. The molecule has 2 aromatic rings. The first kappa shape index (κ1) is 18.1. The zero-order valence-corrected chi connectivity index (χ0v) is 17.4. The highest BCUT2D eigenvalue weighted by atomic mass is 32.1. The van der Waals surface area contributed by atoms with E-state index in [2.05, 4.69) is 10.3 Å². The number of aryl methyl sites for hydroxylation is 2. The maximum Gasteiger partial charge on any atom is 0.324 e. The Morgan fingerprint density at radius 3 is 2.86 bits per heavy atom. The number of primary amides is 1. The Kier molecular flexibility index (Phi) is 4.20. The lowest BCUT2D eigenvalue weighted by atomic mass is 9.98. The molecule has 9 heteroatoms. The Morgan fingerprint density at radius 1 is 1.29 bits per heavy atom. The molecule has 7 nitrogen and oxygen atoms in total. The van der Waals surface area contributed by atoms with E-state index in [9.17, 15) is 9.59 Å². The van der Waals surface area contributed by atoms with E-state index < -0.39 is 11.4 Å². The SMILES string of the molecule is CC1(C(N)=O)CCCN1C(=O)Nc1nc2c(s1)-c1nc(CC3CC3)sc1CC2. The van der Waals surface area contributed by atoms with Crippen LogP contribution < -0.4 is 11.1 Å². The molecule has 1 saturated heterocycles. The molecule has 3 heterocycles. The van der Waals surface area contributed by atoms with Crippen molar-refractivity contribution in [2.45, 2.75) is 57.4 Å². The van der Waals surface area contributed by atoms with Gasteiger partial charge >= 0.3 is 6.03 Å². The first-order valence-corrected chi connectivity index (χ1v) is 11.4. The quantitative estimate of drug-likeness (QED) is 0.798. The Bertz CT molecular complexity index is 964. The van der Waals surface area contributed by atoms with E-state index in [1.807, 2.05) is 11.3 Å². The van der Waals surface area contributed by atoms with Crippen LogP contribution in [0.1, 0.15) is 48.2 Å².